The van der Waals surface area contributed by atoms with Crippen molar-refractivity contribution in [2.24, 2.45) is 5.73 Å². The highest BCUT2D eigenvalue weighted by Crippen LogP contribution is 2.27. The third kappa shape index (κ3) is 8.41. The van der Waals surface area contributed by atoms with Gasteiger partial charge in [-0.2, -0.15) is 0 Å². The summed E-state index contributed by atoms with van der Waals surface area (Å²) >= 11 is 0. The zero-order chi connectivity index (χ0) is 25.5. The minimum absolute atomic E-state index is 0.0671. The number of nitrogens with zero attached hydrogens (tertiary/aromatic N) is 2. The lowest BCUT2D eigenvalue weighted by molar-refractivity contribution is -0.274. The Kier molecular flexibility index (Phi) is 8.65. The van der Waals surface area contributed by atoms with Crippen LogP contribution >= 0.6 is 0 Å². The largest absolute Gasteiger partial charge is 0.573 e. The molecule has 2 amide bonds. The van der Waals surface area contributed by atoms with Gasteiger partial charge in [0.1, 0.15) is 5.75 Å². The van der Waals surface area contributed by atoms with Crippen molar-refractivity contribution in [3.63, 3.8) is 0 Å². The molecule has 0 aliphatic rings. The summed E-state index contributed by atoms with van der Waals surface area (Å²) in [7, 11) is 0. The Morgan fingerprint density at radius 1 is 1.15 bits per heavy atom. The molecule has 0 saturated heterocycles. The fourth-order valence-corrected chi connectivity index (χ4v) is 2.62. The molecule has 1 aromatic carbocycles. The quantitative estimate of drug-likeness (QED) is 0.344. The first kappa shape index (κ1) is 26.7. The van der Waals surface area contributed by atoms with Gasteiger partial charge >= 0.3 is 6.36 Å². The number of primary amides is 1. The SMILES string of the molecule is CC[C@H](NC(=O)[CH]CC(F)(F)CCC(N)=O)C(=O)c1nnc(-c2ccc(OC(F)(F)F)cc2)o1. The number of hydrogen-bond donors (Lipinski definition) is 2. The van der Waals surface area contributed by atoms with Crippen molar-refractivity contribution >= 4 is 17.6 Å². The number of benzene rings is 1. The molecule has 0 spiro atoms. The van der Waals surface area contributed by atoms with E-state index in [2.05, 4.69) is 20.3 Å². The fraction of sp³-hybridized carbons (Fsp3) is 0.400. The molecule has 1 radical (unpaired) electrons. The Morgan fingerprint density at radius 2 is 1.79 bits per heavy atom. The van der Waals surface area contributed by atoms with Crippen LogP contribution in [0.2, 0.25) is 0 Å². The van der Waals surface area contributed by atoms with Gasteiger partial charge < -0.3 is 20.2 Å². The summed E-state index contributed by atoms with van der Waals surface area (Å²) in [5.74, 6) is -7.12. The Labute approximate surface area is 189 Å². The Bertz CT molecular complexity index is 1010. The van der Waals surface area contributed by atoms with E-state index >= 15 is 0 Å². The van der Waals surface area contributed by atoms with E-state index in [-0.39, 0.29) is 17.9 Å². The lowest BCUT2D eigenvalue weighted by atomic mass is 10.1. The molecule has 0 bridgehead atoms. The van der Waals surface area contributed by atoms with E-state index in [1.54, 1.807) is 6.92 Å². The van der Waals surface area contributed by atoms with Crippen LogP contribution in [0, 0.1) is 6.42 Å². The van der Waals surface area contributed by atoms with Crippen molar-refractivity contribution in [2.75, 3.05) is 0 Å². The standard InChI is InChI=1S/C20H20F5N4O5/c1-2-13(27-15(31)8-10-19(21,22)9-7-14(26)30)16(32)18-29-28-17(33-18)11-3-5-12(6-4-11)34-20(23,24)25/h3-6,8,13H,2,7,9-10H2,1H3,(H2,26,30)(H,27,31)/t13-/m0/s1. The first-order valence-electron chi connectivity index (χ1n) is 9.83. The van der Waals surface area contributed by atoms with Crippen LogP contribution < -0.4 is 15.8 Å². The van der Waals surface area contributed by atoms with Crippen LogP contribution in [0.15, 0.2) is 28.7 Å². The minimum Gasteiger partial charge on any atom is -0.414 e. The molecule has 1 atom stereocenters. The van der Waals surface area contributed by atoms with E-state index in [4.69, 9.17) is 10.2 Å². The average Bonchev–Trinajstić information content (AvgIpc) is 3.24. The Hall–Kier alpha value is -3.58. The predicted octanol–water partition coefficient (Wildman–Crippen LogP) is 3.21. The number of nitrogens with one attached hydrogen (secondary N) is 1. The van der Waals surface area contributed by atoms with Crippen LogP contribution in [-0.2, 0) is 9.59 Å². The van der Waals surface area contributed by atoms with Crippen molar-refractivity contribution in [3.05, 3.63) is 36.6 Å². The van der Waals surface area contributed by atoms with Crippen LogP contribution in [-0.4, -0.2) is 46.1 Å². The molecule has 3 N–H and O–H groups in total. The average molecular weight is 491 g/mol. The van der Waals surface area contributed by atoms with Crippen molar-refractivity contribution in [1.29, 1.82) is 0 Å². The summed E-state index contributed by atoms with van der Waals surface area (Å²) in [6.07, 6.45) is -6.47. The maximum Gasteiger partial charge on any atom is 0.573 e. The molecule has 34 heavy (non-hydrogen) atoms. The smallest absolute Gasteiger partial charge is 0.414 e. The van der Waals surface area contributed by atoms with E-state index in [1.807, 2.05) is 0 Å². The van der Waals surface area contributed by atoms with E-state index in [1.165, 1.54) is 12.1 Å². The van der Waals surface area contributed by atoms with E-state index in [0.717, 1.165) is 12.1 Å². The molecule has 0 aliphatic carbocycles. The van der Waals surface area contributed by atoms with Gasteiger partial charge in [-0.15, -0.1) is 23.4 Å². The summed E-state index contributed by atoms with van der Waals surface area (Å²) in [6.45, 7) is 1.54. The van der Waals surface area contributed by atoms with Gasteiger partial charge in [-0.1, -0.05) is 6.92 Å². The van der Waals surface area contributed by atoms with Gasteiger partial charge in [0.15, 0.2) is 0 Å². The van der Waals surface area contributed by atoms with Gasteiger partial charge in [0.25, 0.3) is 5.89 Å². The molecule has 1 heterocycles. The number of ether oxygens (including phenoxy) is 1. The van der Waals surface area contributed by atoms with Crippen molar-refractivity contribution < 1.29 is 45.5 Å². The molecule has 1 aromatic heterocycles. The summed E-state index contributed by atoms with van der Waals surface area (Å²) in [5, 5.41) is 9.49. The molecular weight excluding hydrogens is 471 g/mol. The zero-order valence-corrected chi connectivity index (χ0v) is 17.7. The summed E-state index contributed by atoms with van der Waals surface area (Å²) in [5.41, 5.74) is 5.03. The van der Waals surface area contributed by atoms with Crippen molar-refractivity contribution in [2.45, 2.75) is 50.9 Å². The molecule has 9 nitrogen and oxygen atoms in total. The number of carbonyl (C=O) groups is 3. The summed E-state index contributed by atoms with van der Waals surface area (Å²) in [4.78, 5) is 35.2. The second-order valence-corrected chi connectivity index (χ2v) is 7.05. The van der Waals surface area contributed by atoms with E-state index < -0.39 is 66.8 Å². The van der Waals surface area contributed by atoms with Crippen LogP contribution in [0.1, 0.15) is 43.3 Å². The number of Topliss-reactive ketones (excluding diaryl/α,β-unsaturated/α-hetero) is 1. The van der Waals surface area contributed by atoms with Gasteiger partial charge in [0.05, 0.1) is 12.5 Å². The third-order valence-electron chi connectivity index (χ3n) is 4.34. The van der Waals surface area contributed by atoms with Crippen LogP contribution in [0.3, 0.4) is 0 Å². The maximum atomic E-state index is 13.7. The van der Waals surface area contributed by atoms with Gasteiger partial charge in [0, 0.05) is 24.8 Å². The molecule has 0 aliphatic heterocycles. The van der Waals surface area contributed by atoms with E-state index in [0.29, 0.717) is 6.42 Å². The fourth-order valence-electron chi connectivity index (χ4n) is 2.62. The second-order valence-electron chi connectivity index (χ2n) is 7.05. The molecule has 2 aromatic rings. The number of nitrogens with two attached hydrogens (primary N) is 1. The van der Waals surface area contributed by atoms with Crippen LogP contribution in [0.4, 0.5) is 22.0 Å². The topological polar surface area (TPSA) is 137 Å². The first-order chi connectivity index (χ1) is 15.8. The number of ketones is 1. The van der Waals surface area contributed by atoms with Gasteiger partial charge in [-0.25, -0.2) is 8.78 Å². The van der Waals surface area contributed by atoms with Crippen molar-refractivity contribution in [1.82, 2.24) is 15.5 Å². The number of carbonyl (C=O) groups excluding carboxylic acids is 3. The molecule has 0 saturated carbocycles. The van der Waals surface area contributed by atoms with Gasteiger partial charge in [-0.05, 0) is 30.7 Å². The molecule has 0 unspecified atom stereocenters. The third-order valence-corrected chi connectivity index (χ3v) is 4.34. The second kappa shape index (κ2) is 11.0. The van der Waals surface area contributed by atoms with Gasteiger partial charge in [0.2, 0.25) is 29.4 Å². The van der Waals surface area contributed by atoms with Crippen molar-refractivity contribution in [3.8, 4) is 17.2 Å². The normalized spacial score (nSPS) is 12.8. The molecule has 185 valence electrons. The number of aromatic nitrogens is 2. The molecule has 14 heteroatoms. The number of alkyl halides is 5. The highest BCUT2D eigenvalue weighted by atomic mass is 19.4. The lowest BCUT2D eigenvalue weighted by Gasteiger charge is -2.17. The summed E-state index contributed by atoms with van der Waals surface area (Å²) < 4.78 is 73.1. The minimum atomic E-state index is -4.86. The highest BCUT2D eigenvalue weighted by molar-refractivity contribution is 5.99. The molecule has 2 rings (SSSR count). The van der Waals surface area contributed by atoms with Gasteiger partial charge in [-0.3, -0.25) is 14.4 Å². The maximum absolute atomic E-state index is 13.7. The lowest BCUT2D eigenvalue weighted by Crippen LogP contribution is -2.41. The number of halogens is 5. The monoisotopic (exact) mass is 491 g/mol. The van der Waals surface area contributed by atoms with E-state index in [9.17, 15) is 36.3 Å². The molecule has 0 fully saturated rings. The first-order valence-corrected chi connectivity index (χ1v) is 9.83. The highest BCUT2D eigenvalue weighted by Gasteiger charge is 2.32. The summed E-state index contributed by atoms with van der Waals surface area (Å²) in [6, 6.07) is 3.26. The molecular formula is C20H20F5N4O5. The van der Waals surface area contributed by atoms with Crippen LogP contribution in [0.25, 0.3) is 11.5 Å². The zero-order valence-electron chi connectivity index (χ0n) is 17.7. The predicted molar refractivity (Wildman–Crippen MR) is 105 cm³/mol. The Balaban J connectivity index is 1.98. The number of hydrogen-bond acceptors (Lipinski definition) is 7. The van der Waals surface area contributed by atoms with Crippen LogP contribution in [0.5, 0.6) is 5.75 Å². The number of rotatable bonds is 12. The Morgan fingerprint density at radius 3 is 2.35 bits per heavy atom. The number of amides is 2.